The third kappa shape index (κ3) is 2.88. The highest BCUT2D eigenvalue weighted by Crippen LogP contribution is 2.14. The Balaban J connectivity index is 1.86. The van der Waals surface area contributed by atoms with Gasteiger partial charge < -0.3 is 5.32 Å². The summed E-state index contributed by atoms with van der Waals surface area (Å²) < 4.78 is 1.47. The number of carbonyl (C=O) groups excluding carboxylic acids is 1. The van der Waals surface area contributed by atoms with Gasteiger partial charge in [0.2, 0.25) is 5.91 Å². The molecule has 0 bridgehead atoms. The van der Waals surface area contributed by atoms with Crippen LogP contribution in [-0.4, -0.2) is 26.1 Å². The third-order valence-electron chi connectivity index (χ3n) is 2.42. The summed E-state index contributed by atoms with van der Waals surface area (Å²) in [6, 6.07) is 2.04. The number of thiophene rings is 1. The number of nitrogens with one attached hydrogen (secondary N) is 1. The molecular formula is C10H13N5OS. The molecule has 7 heteroatoms. The van der Waals surface area contributed by atoms with E-state index in [9.17, 15) is 4.79 Å². The molecule has 2 rings (SSSR count). The van der Waals surface area contributed by atoms with Gasteiger partial charge >= 0.3 is 0 Å². The van der Waals surface area contributed by atoms with Crippen molar-refractivity contribution in [1.29, 1.82) is 0 Å². The van der Waals surface area contributed by atoms with E-state index in [0.29, 0.717) is 12.4 Å². The molecule has 1 N–H and O–H groups in total. The van der Waals surface area contributed by atoms with E-state index in [1.165, 1.54) is 15.1 Å². The first-order chi connectivity index (χ1) is 8.16. The van der Waals surface area contributed by atoms with E-state index >= 15 is 0 Å². The van der Waals surface area contributed by atoms with Crippen molar-refractivity contribution < 1.29 is 4.79 Å². The number of aryl methyl sites for hydroxylation is 2. The van der Waals surface area contributed by atoms with E-state index in [1.807, 2.05) is 18.4 Å². The first-order valence-electron chi connectivity index (χ1n) is 5.19. The molecule has 0 saturated heterocycles. The molecule has 0 aliphatic rings. The van der Waals surface area contributed by atoms with E-state index in [1.54, 1.807) is 18.3 Å². The molecule has 0 saturated carbocycles. The van der Waals surface area contributed by atoms with Crippen LogP contribution in [0.25, 0.3) is 0 Å². The molecule has 0 aliphatic heterocycles. The lowest BCUT2D eigenvalue weighted by Crippen LogP contribution is -2.27. The maximum atomic E-state index is 11.6. The Morgan fingerprint density at radius 1 is 1.53 bits per heavy atom. The van der Waals surface area contributed by atoms with E-state index in [2.05, 4.69) is 20.8 Å². The molecule has 90 valence electrons. The Kier molecular flexibility index (Phi) is 3.48. The predicted molar refractivity (Wildman–Crippen MR) is 63.5 cm³/mol. The number of hydrogen-bond acceptors (Lipinski definition) is 5. The number of amides is 1. The standard InChI is InChI=1S/C10H13N5OS/c1-7-3-4-17-9(7)5-11-10(16)6-15-8(2)12-13-14-15/h3-4H,5-6H2,1-2H3,(H,11,16). The van der Waals surface area contributed by atoms with Crippen LogP contribution in [0.5, 0.6) is 0 Å². The molecule has 0 spiro atoms. The van der Waals surface area contributed by atoms with Crippen LogP contribution < -0.4 is 5.32 Å². The average molecular weight is 251 g/mol. The zero-order valence-electron chi connectivity index (χ0n) is 9.67. The van der Waals surface area contributed by atoms with Gasteiger partial charge in [-0.25, -0.2) is 4.68 Å². The maximum absolute atomic E-state index is 11.6. The molecule has 17 heavy (non-hydrogen) atoms. The smallest absolute Gasteiger partial charge is 0.242 e. The molecule has 0 atom stereocenters. The van der Waals surface area contributed by atoms with Gasteiger partial charge in [0.05, 0.1) is 6.54 Å². The maximum Gasteiger partial charge on any atom is 0.242 e. The van der Waals surface area contributed by atoms with E-state index in [-0.39, 0.29) is 12.5 Å². The summed E-state index contributed by atoms with van der Waals surface area (Å²) in [5, 5.41) is 15.8. The molecule has 1 amide bonds. The summed E-state index contributed by atoms with van der Waals surface area (Å²) in [6.07, 6.45) is 0. The number of nitrogens with zero attached hydrogens (tertiary/aromatic N) is 4. The van der Waals surface area contributed by atoms with Crippen molar-refractivity contribution in [1.82, 2.24) is 25.5 Å². The molecule has 0 aromatic carbocycles. The predicted octanol–water partition coefficient (Wildman–Crippen LogP) is 0.668. The second kappa shape index (κ2) is 5.05. The van der Waals surface area contributed by atoms with Gasteiger partial charge in [-0.3, -0.25) is 4.79 Å². The molecular weight excluding hydrogens is 238 g/mol. The summed E-state index contributed by atoms with van der Waals surface area (Å²) in [6.45, 7) is 4.51. The van der Waals surface area contributed by atoms with E-state index in [0.717, 1.165) is 0 Å². The Morgan fingerprint density at radius 3 is 2.94 bits per heavy atom. The molecule has 0 fully saturated rings. The van der Waals surface area contributed by atoms with Gasteiger partial charge in [-0.2, -0.15) is 0 Å². The van der Waals surface area contributed by atoms with Gasteiger partial charge in [0.15, 0.2) is 0 Å². The molecule has 6 nitrogen and oxygen atoms in total. The summed E-state index contributed by atoms with van der Waals surface area (Å²) in [4.78, 5) is 12.8. The lowest BCUT2D eigenvalue weighted by atomic mass is 10.3. The zero-order valence-corrected chi connectivity index (χ0v) is 10.5. The lowest BCUT2D eigenvalue weighted by Gasteiger charge is -2.04. The minimum atomic E-state index is -0.0896. The Labute approximate surface area is 103 Å². The fourth-order valence-corrected chi connectivity index (χ4v) is 2.20. The quantitative estimate of drug-likeness (QED) is 0.866. The minimum absolute atomic E-state index is 0.0896. The highest BCUT2D eigenvalue weighted by Gasteiger charge is 2.07. The van der Waals surface area contributed by atoms with Crippen molar-refractivity contribution >= 4 is 17.2 Å². The fourth-order valence-electron chi connectivity index (χ4n) is 1.35. The largest absolute Gasteiger partial charge is 0.350 e. The second-order valence-corrected chi connectivity index (χ2v) is 4.69. The first-order valence-corrected chi connectivity index (χ1v) is 6.07. The summed E-state index contributed by atoms with van der Waals surface area (Å²) >= 11 is 1.64. The van der Waals surface area contributed by atoms with Crippen LogP contribution in [0.2, 0.25) is 0 Å². The second-order valence-electron chi connectivity index (χ2n) is 3.69. The van der Waals surface area contributed by atoms with Crippen molar-refractivity contribution in [2.45, 2.75) is 26.9 Å². The van der Waals surface area contributed by atoms with Crippen molar-refractivity contribution in [2.75, 3.05) is 0 Å². The Hall–Kier alpha value is -1.76. The molecule has 0 radical (unpaired) electrons. The average Bonchev–Trinajstić information content (AvgIpc) is 2.86. The van der Waals surface area contributed by atoms with Gasteiger partial charge in [-0.15, -0.1) is 16.4 Å². The first kappa shape index (κ1) is 11.7. The van der Waals surface area contributed by atoms with Gasteiger partial charge in [0, 0.05) is 4.88 Å². The van der Waals surface area contributed by atoms with Crippen molar-refractivity contribution in [2.24, 2.45) is 0 Å². The van der Waals surface area contributed by atoms with Crippen molar-refractivity contribution in [3.05, 3.63) is 27.7 Å². The third-order valence-corrected chi connectivity index (χ3v) is 3.44. The molecule has 2 heterocycles. The number of carbonyl (C=O) groups is 1. The molecule has 2 aromatic heterocycles. The van der Waals surface area contributed by atoms with Crippen LogP contribution in [0.4, 0.5) is 0 Å². The van der Waals surface area contributed by atoms with Crippen LogP contribution in [0.1, 0.15) is 16.3 Å². The van der Waals surface area contributed by atoms with Gasteiger partial charge in [-0.05, 0) is 41.3 Å². The SMILES string of the molecule is Cc1ccsc1CNC(=O)Cn1nnnc1C. The highest BCUT2D eigenvalue weighted by atomic mass is 32.1. The minimum Gasteiger partial charge on any atom is -0.350 e. The van der Waals surface area contributed by atoms with Crippen molar-refractivity contribution in [3.63, 3.8) is 0 Å². The summed E-state index contributed by atoms with van der Waals surface area (Å²) in [5.41, 5.74) is 1.20. The van der Waals surface area contributed by atoms with Gasteiger partial charge in [0.1, 0.15) is 12.4 Å². The van der Waals surface area contributed by atoms with E-state index < -0.39 is 0 Å². The molecule has 0 unspecified atom stereocenters. The molecule has 0 aliphatic carbocycles. The van der Waals surface area contributed by atoms with Crippen LogP contribution >= 0.6 is 11.3 Å². The lowest BCUT2D eigenvalue weighted by molar-refractivity contribution is -0.122. The van der Waals surface area contributed by atoms with Gasteiger partial charge in [0.25, 0.3) is 0 Å². The zero-order chi connectivity index (χ0) is 12.3. The molecule has 2 aromatic rings. The number of hydrogen-bond donors (Lipinski definition) is 1. The van der Waals surface area contributed by atoms with Crippen LogP contribution in [0.3, 0.4) is 0 Å². The fraction of sp³-hybridized carbons (Fsp3) is 0.400. The highest BCUT2D eigenvalue weighted by molar-refractivity contribution is 7.10. The van der Waals surface area contributed by atoms with Crippen molar-refractivity contribution in [3.8, 4) is 0 Å². The normalized spacial score (nSPS) is 10.5. The number of rotatable bonds is 4. The van der Waals surface area contributed by atoms with Gasteiger partial charge in [-0.1, -0.05) is 0 Å². The van der Waals surface area contributed by atoms with Crippen LogP contribution in [-0.2, 0) is 17.9 Å². The van der Waals surface area contributed by atoms with Crippen LogP contribution in [0, 0.1) is 13.8 Å². The summed E-state index contributed by atoms with van der Waals surface area (Å²) in [5.74, 6) is 0.542. The monoisotopic (exact) mass is 251 g/mol. The summed E-state index contributed by atoms with van der Waals surface area (Å²) in [7, 11) is 0. The number of tetrazole rings is 1. The van der Waals surface area contributed by atoms with Crippen LogP contribution in [0.15, 0.2) is 11.4 Å². The van der Waals surface area contributed by atoms with E-state index in [4.69, 9.17) is 0 Å². The number of aromatic nitrogens is 4. The topological polar surface area (TPSA) is 72.7 Å². The Bertz CT molecular complexity index is 518. The Morgan fingerprint density at radius 2 is 2.35 bits per heavy atom.